The zero-order valence-corrected chi connectivity index (χ0v) is 22.7. The standard InChI is InChI=1S/C29H33N3O5S/c1-3-14-32-15-13-22-20(16-32)25(18-9-5-7-11-21(18)30-22)28(34)37-17-24(33)31-27-26(29(35)36-4-2)19-10-6-8-12-23(19)38-27/h5,7,9,11H,3-4,6,8,10,12-17H2,1-2H3,(H,31,33). The molecule has 0 spiro atoms. The number of esters is 2. The lowest BCUT2D eigenvalue weighted by Crippen LogP contribution is -2.33. The first-order chi connectivity index (χ1) is 18.5. The second-order valence-corrected chi connectivity index (χ2v) is 10.8. The van der Waals surface area contributed by atoms with Gasteiger partial charge in [-0.1, -0.05) is 25.1 Å². The molecular formula is C29H33N3O5S. The SMILES string of the molecule is CCCN1CCc2nc3ccccc3c(C(=O)OCC(=O)Nc3sc4c(c3C(=O)OCC)CCCC4)c2C1. The third-order valence-electron chi connectivity index (χ3n) is 7.11. The number of carbonyl (C=O) groups is 3. The number of rotatable bonds is 8. The van der Waals surface area contributed by atoms with Crippen molar-refractivity contribution in [3.63, 3.8) is 0 Å². The Labute approximate surface area is 226 Å². The van der Waals surface area contributed by atoms with Gasteiger partial charge in [-0.3, -0.25) is 14.7 Å². The highest BCUT2D eigenvalue weighted by atomic mass is 32.1. The van der Waals surface area contributed by atoms with E-state index in [1.807, 2.05) is 24.3 Å². The van der Waals surface area contributed by atoms with Gasteiger partial charge in [0, 0.05) is 41.0 Å². The summed E-state index contributed by atoms with van der Waals surface area (Å²) in [7, 11) is 0. The Kier molecular flexibility index (Phi) is 8.04. The van der Waals surface area contributed by atoms with Gasteiger partial charge in [-0.05, 0) is 57.2 Å². The average Bonchev–Trinajstić information content (AvgIpc) is 3.28. The highest BCUT2D eigenvalue weighted by Gasteiger charge is 2.29. The van der Waals surface area contributed by atoms with Crippen molar-refractivity contribution in [1.82, 2.24) is 9.88 Å². The maximum atomic E-state index is 13.5. The van der Waals surface area contributed by atoms with Crippen LogP contribution < -0.4 is 5.32 Å². The molecule has 0 unspecified atom stereocenters. The minimum Gasteiger partial charge on any atom is -0.462 e. The summed E-state index contributed by atoms with van der Waals surface area (Å²) < 4.78 is 10.8. The van der Waals surface area contributed by atoms with Crippen LogP contribution in [0.2, 0.25) is 0 Å². The first-order valence-corrected chi connectivity index (χ1v) is 14.2. The molecule has 1 amide bonds. The maximum absolute atomic E-state index is 13.5. The van der Waals surface area contributed by atoms with Crippen LogP contribution in [0.25, 0.3) is 10.9 Å². The third-order valence-corrected chi connectivity index (χ3v) is 8.31. The zero-order valence-electron chi connectivity index (χ0n) is 21.9. The molecule has 5 rings (SSSR count). The van der Waals surface area contributed by atoms with Gasteiger partial charge in [0.2, 0.25) is 0 Å². The molecule has 0 bridgehead atoms. The first-order valence-electron chi connectivity index (χ1n) is 13.4. The van der Waals surface area contributed by atoms with E-state index in [2.05, 4.69) is 17.1 Å². The highest BCUT2D eigenvalue weighted by molar-refractivity contribution is 7.17. The third kappa shape index (κ3) is 5.31. The lowest BCUT2D eigenvalue weighted by atomic mass is 9.95. The summed E-state index contributed by atoms with van der Waals surface area (Å²) in [5.41, 5.74) is 4.43. The number of aromatic nitrogens is 1. The topological polar surface area (TPSA) is 97.8 Å². The van der Waals surface area contributed by atoms with Crippen molar-refractivity contribution in [2.45, 2.75) is 58.9 Å². The van der Waals surface area contributed by atoms with Crippen molar-refractivity contribution in [1.29, 1.82) is 0 Å². The number of benzene rings is 1. The Bertz CT molecular complexity index is 1380. The van der Waals surface area contributed by atoms with Gasteiger partial charge in [0.15, 0.2) is 6.61 Å². The van der Waals surface area contributed by atoms with E-state index in [-0.39, 0.29) is 6.61 Å². The first kappa shape index (κ1) is 26.3. The van der Waals surface area contributed by atoms with Crippen molar-refractivity contribution < 1.29 is 23.9 Å². The van der Waals surface area contributed by atoms with Crippen LogP contribution >= 0.6 is 11.3 Å². The van der Waals surface area contributed by atoms with Gasteiger partial charge in [-0.15, -0.1) is 11.3 Å². The second-order valence-electron chi connectivity index (χ2n) is 9.72. The van der Waals surface area contributed by atoms with Crippen molar-refractivity contribution in [2.75, 3.05) is 31.6 Å². The summed E-state index contributed by atoms with van der Waals surface area (Å²) in [6.45, 7) is 6.17. The number of fused-ring (bicyclic) bond motifs is 3. The number of pyridine rings is 1. The van der Waals surface area contributed by atoms with Crippen LogP contribution in [-0.2, 0) is 40.1 Å². The van der Waals surface area contributed by atoms with Gasteiger partial charge < -0.3 is 14.8 Å². The molecule has 2 aliphatic rings. The van der Waals surface area contributed by atoms with Crippen LogP contribution in [0.4, 0.5) is 5.00 Å². The number of anilines is 1. The fourth-order valence-electron chi connectivity index (χ4n) is 5.43. The van der Waals surface area contributed by atoms with E-state index in [0.29, 0.717) is 22.7 Å². The lowest BCUT2D eigenvalue weighted by Gasteiger charge is -2.29. The fourth-order valence-corrected chi connectivity index (χ4v) is 6.72. The van der Waals surface area contributed by atoms with Crippen molar-refractivity contribution >= 4 is 45.1 Å². The van der Waals surface area contributed by atoms with E-state index >= 15 is 0 Å². The molecule has 8 nitrogen and oxygen atoms in total. The highest BCUT2D eigenvalue weighted by Crippen LogP contribution is 2.38. The predicted octanol–water partition coefficient (Wildman–Crippen LogP) is 4.92. The number of carbonyl (C=O) groups excluding carboxylic acids is 3. The number of hydrogen-bond donors (Lipinski definition) is 1. The molecule has 0 atom stereocenters. The molecule has 3 heterocycles. The van der Waals surface area contributed by atoms with Crippen LogP contribution in [-0.4, -0.2) is 54.0 Å². The molecule has 0 radical (unpaired) electrons. The van der Waals surface area contributed by atoms with Gasteiger partial charge in [0.25, 0.3) is 5.91 Å². The molecule has 9 heteroatoms. The minimum atomic E-state index is -0.538. The Morgan fingerprint density at radius 3 is 2.61 bits per heavy atom. The van der Waals surface area contributed by atoms with Crippen molar-refractivity contribution in [2.24, 2.45) is 0 Å². The number of nitrogens with one attached hydrogen (secondary N) is 1. The second kappa shape index (κ2) is 11.6. The van der Waals surface area contributed by atoms with E-state index in [0.717, 1.165) is 84.2 Å². The van der Waals surface area contributed by atoms with Crippen molar-refractivity contribution in [3.05, 3.63) is 57.1 Å². The number of amides is 1. The summed E-state index contributed by atoms with van der Waals surface area (Å²) in [6, 6.07) is 7.55. The molecule has 3 aromatic rings. The van der Waals surface area contributed by atoms with Gasteiger partial charge in [-0.25, -0.2) is 9.59 Å². The summed E-state index contributed by atoms with van der Waals surface area (Å²) in [5, 5.41) is 4.02. The molecule has 38 heavy (non-hydrogen) atoms. The number of aryl methyl sites for hydroxylation is 1. The summed E-state index contributed by atoms with van der Waals surface area (Å²) in [6.07, 6.45) is 5.52. The van der Waals surface area contributed by atoms with E-state index in [9.17, 15) is 14.4 Å². The smallest absolute Gasteiger partial charge is 0.341 e. The number of nitrogens with zero attached hydrogens (tertiary/aromatic N) is 2. The van der Waals surface area contributed by atoms with Crippen LogP contribution in [0.3, 0.4) is 0 Å². The van der Waals surface area contributed by atoms with Crippen LogP contribution in [0.1, 0.15) is 75.5 Å². The van der Waals surface area contributed by atoms with E-state index in [1.54, 1.807) is 6.92 Å². The largest absolute Gasteiger partial charge is 0.462 e. The molecule has 2 aromatic heterocycles. The Hall–Kier alpha value is -3.30. The number of hydrogen-bond acceptors (Lipinski definition) is 8. The number of para-hydroxylation sites is 1. The molecule has 0 saturated carbocycles. The fraction of sp³-hybridized carbons (Fsp3) is 0.448. The van der Waals surface area contributed by atoms with Gasteiger partial charge in [0.1, 0.15) is 5.00 Å². The lowest BCUT2D eigenvalue weighted by molar-refractivity contribution is -0.119. The summed E-state index contributed by atoms with van der Waals surface area (Å²) >= 11 is 1.41. The summed E-state index contributed by atoms with van der Waals surface area (Å²) in [4.78, 5) is 47.3. The normalized spacial score (nSPS) is 15.0. The van der Waals surface area contributed by atoms with E-state index in [4.69, 9.17) is 14.5 Å². The maximum Gasteiger partial charge on any atom is 0.341 e. The van der Waals surface area contributed by atoms with Crippen LogP contribution in [0.15, 0.2) is 24.3 Å². The van der Waals surface area contributed by atoms with Gasteiger partial charge >= 0.3 is 11.9 Å². The van der Waals surface area contributed by atoms with Crippen LogP contribution in [0.5, 0.6) is 0 Å². The minimum absolute atomic E-state index is 0.258. The van der Waals surface area contributed by atoms with Gasteiger partial charge in [0.05, 0.1) is 23.3 Å². The number of thiophene rings is 1. The molecular weight excluding hydrogens is 502 g/mol. The molecule has 0 fully saturated rings. The summed E-state index contributed by atoms with van der Waals surface area (Å²) in [5.74, 6) is -1.45. The molecule has 1 aliphatic heterocycles. The molecule has 1 N–H and O–H groups in total. The van der Waals surface area contributed by atoms with Gasteiger partial charge in [-0.2, -0.15) is 0 Å². The Balaban J connectivity index is 1.36. The predicted molar refractivity (Wildman–Crippen MR) is 147 cm³/mol. The Morgan fingerprint density at radius 2 is 1.79 bits per heavy atom. The van der Waals surface area contributed by atoms with Crippen molar-refractivity contribution in [3.8, 4) is 0 Å². The Morgan fingerprint density at radius 1 is 1.00 bits per heavy atom. The molecule has 0 saturated heterocycles. The zero-order chi connectivity index (χ0) is 26.6. The molecule has 1 aliphatic carbocycles. The van der Waals surface area contributed by atoms with Crippen LogP contribution in [0, 0.1) is 0 Å². The molecule has 200 valence electrons. The average molecular weight is 536 g/mol. The molecule has 1 aromatic carbocycles. The monoisotopic (exact) mass is 535 g/mol. The van der Waals surface area contributed by atoms with E-state index < -0.39 is 24.5 Å². The van der Waals surface area contributed by atoms with E-state index in [1.165, 1.54) is 11.3 Å². The quantitative estimate of drug-likeness (QED) is 0.409. The number of ether oxygens (including phenoxy) is 2.